The molecule has 7 heteroatoms. The molecule has 0 spiro atoms. The number of nitrogens with zero attached hydrogens (tertiary/aromatic N) is 3. The second-order valence-corrected chi connectivity index (χ2v) is 7.42. The smallest absolute Gasteiger partial charge is 0.278 e. The summed E-state index contributed by atoms with van der Waals surface area (Å²) >= 11 is 6.24. The Bertz CT molecular complexity index is 1130. The van der Waals surface area contributed by atoms with Gasteiger partial charge in [0.15, 0.2) is 0 Å². The van der Waals surface area contributed by atoms with Crippen molar-refractivity contribution in [3.05, 3.63) is 105 Å². The van der Waals surface area contributed by atoms with Gasteiger partial charge in [-0.1, -0.05) is 54.1 Å². The van der Waals surface area contributed by atoms with Gasteiger partial charge in [-0.2, -0.15) is 5.10 Å². The van der Waals surface area contributed by atoms with Crippen LogP contribution >= 0.6 is 11.6 Å². The number of nitro groups is 1. The molecule has 2 aliphatic rings. The number of para-hydroxylation sites is 1. The molecule has 0 amide bonds. The predicted octanol–water partition coefficient (Wildman–Crippen LogP) is 5.49. The van der Waals surface area contributed by atoms with Crippen molar-refractivity contribution in [2.75, 3.05) is 0 Å². The highest BCUT2D eigenvalue weighted by Crippen LogP contribution is 2.49. The first-order valence-corrected chi connectivity index (χ1v) is 9.60. The minimum atomic E-state index is -0.698. The maximum Gasteiger partial charge on any atom is 0.278 e. The number of hydrogen-bond acceptors (Lipinski definition) is 5. The molecule has 6 nitrogen and oxygen atoms in total. The van der Waals surface area contributed by atoms with E-state index >= 15 is 0 Å². The number of nitro benzene ring substituents is 1. The van der Waals surface area contributed by atoms with Crippen molar-refractivity contribution < 1.29 is 9.66 Å². The van der Waals surface area contributed by atoms with Crippen LogP contribution in [0.1, 0.15) is 35.4 Å². The molecule has 0 bridgehead atoms. The van der Waals surface area contributed by atoms with Crippen LogP contribution in [0.15, 0.2) is 77.9 Å². The molecule has 3 aromatic carbocycles. The van der Waals surface area contributed by atoms with E-state index in [1.54, 1.807) is 24.3 Å². The van der Waals surface area contributed by atoms with Gasteiger partial charge in [-0.25, -0.2) is 5.01 Å². The summed E-state index contributed by atoms with van der Waals surface area (Å²) < 4.78 is 6.22. The van der Waals surface area contributed by atoms with Crippen LogP contribution in [-0.2, 0) is 0 Å². The van der Waals surface area contributed by atoms with Crippen molar-refractivity contribution in [3.63, 3.8) is 0 Å². The number of benzene rings is 3. The lowest BCUT2D eigenvalue weighted by molar-refractivity contribution is -0.386. The molecule has 2 atom stereocenters. The lowest BCUT2D eigenvalue weighted by atomic mass is 9.95. The zero-order valence-corrected chi connectivity index (χ0v) is 16.0. The van der Waals surface area contributed by atoms with E-state index in [2.05, 4.69) is 0 Å². The van der Waals surface area contributed by atoms with E-state index in [-0.39, 0.29) is 16.7 Å². The standard InChI is InChI=1S/C22H16ClN3O3/c23-15-10-11-21-17(12-15)20-13-18(14-6-2-1-3-7-14)24-25(20)22(29-21)16-8-4-5-9-19(16)26(27)28/h1-12,20,22H,13H2/t20-,22-/m1/s1. The van der Waals surface area contributed by atoms with Crippen LogP contribution in [0.3, 0.4) is 0 Å². The molecule has 2 heterocycles. The Morgan fingerprint density at radius 3 is 2.59 bits per heavy atom. The van der Waals surface area contributed by atoms with Gasteiger partial charge in [0, 0.05) is 23.1 Å². The topological polar surface area (TPSA) is 68.0 Å². The van der Waals surface area contributed by atoms with Gasteiger partial charge in [0.1, 0.15) is 5.75 Å². The average Bonchev–Trinajstić information content (AvgIpc) is 3.20. The van der Waals surface area contributed by atoms with Gasteiger partial charge < -0.3 is 4.74 Å². The minimum absolute atomic E-state index is 0.0111. The molecule has 0 N–H and O–H groups in total. The van der Waals surface area contributed by atoms with E-state index < -0.39 is 6.23 Å². The van der Waals surface area contributed by atoms with Crippen molar-refractivity contribution in [2.45, 2.75) is 18.7 Å². The minimum Gasteiger partial charge on any atom is -0.464 e. The van der Waals surface area contributed by atoms with E-state index in [1.165, 1.54) is 6.07 Å². The molecule has 0 aromatic heterocycles. The molecular formula is C22H16ClN3O3. The summed E-state index contributed by atoms with van der Waals surface area (Å²) in [4.78, 5) is 11.2. The molecule has 29 heavy (non-hydrogen) atoms. The van der Waals surface area contributed by atoms with E-state index in [1.807, 2.05) is 47.5 Å². The first-order chi connectivity index (χ1) is 14.1. The molecule has 3 aromatic rings. The summed E-state index contributed by atoms with van der Waals surface area (Å²) in [6.45, 7) is 0. The van der Waals surface area contributed by atoms with Crippen LogP contribution in [0.5, 0.6) is 5.75 Å². The van der Waals surface area contributed by atoms with Gasteiger partial charge in [-0.3, -0.25) is 10.1 Å². The Balaban J connectivity index is 1.65. The molecule has 0 unspecified atom stereocenters. The van der Waals surface area contributed by atoms with Crippen LogP contribution in [0.2, 0.25) is 5.02 Å². The zero-order chi connectivity index (χ0) is 20.0. The van der Waals surface area contributed by atoms with Gasteiger partial charge >= 0.3 is 0 Å². The van der Waals surface area contributed by atoms with Crippen molar-refractivity contribution in [1.82, 2.24) is 5.01 Å². The number of rotatable bonds is 3. The second kappa shape index (κ2) is 6.90. The Labute approximate surface area is 172 Å². The summed E-state index contributed by atoms with van der Waals surface area (Å²) in [5, 5.41) is 18.9. The van der Waals surface area contributed by atoms with Crippen molar-refractivity contribution in [2.24, 2.45) is 5.10 Å². The Hall–Kier alpha value is -3.38. The molecule has 0 aliphatic carbocycles. The molecule has 0 saturated heterocycles. The number of halogens is 1. The number of hydrogen-bond donors (Lipinski definition) is 0. The van der Waals surface area contributed by atoms with E-state index in [0.717, 1.165) is 16.8 Å². The fourth-order valence-electron chi connectivity index (χ4n) is 3.93. The Morgan fingerprint density at radius 1 is 1.03 bits per heavy atom. The fourth-order valence-corrected chi connectivity index (χ4v) is 4.11. The lowest BCUT2D eigenvalue weighted by Crippen LogP contribution is -2.34. The summed E-state index contributed by atoms with van der Waals surface area (Å²) in [5.74, 6) is 0.670. The summed E-state index contributed by atoms with van der Waals surface area (Å²) in [6.07, 6.45) is -0.0332. The van der Waals surface area contributed by atoms with Crippen LogP contribution in [0.25, 0.3) is 0 Å². The van der Waals surface area contributed by atoms with Crippen LogP contribution < -0.4 is 4.74 Å². The quantitative estimate of drug-likeness (QED) is 0.426. The highest BCUT2D eigenvalue weighted by atomic mass is 35.5. The maximum atomic E-state index is 11.6. The number of hydrazone groups is 1. The molecular weight excluding hydrogens is 390 g/mol. The van der Waals surface area contributed by atoms with Gasteiger partial charge in [0.05, 0.1) is 22.2 Å². The second-order valence-electron chi connectivity index (χ2n) is 6.98. The normalized spacial score (nSPS) is 19.8. The molecule has 5 rings (SSSR count). The predicted molar refractivity (Wildman–Crippen MR) is 110 cm³/mol. The summed E-state index contributed by atoms with van der Waals surface area (Å²) in [6, 6.07) is 21.9. The van der Waals surface area contributed by atoms with Crippen LogP contribution in [0, 0.1) is 10.1 Å². The van der Waals surface area contributed by atoms with Crippen LogP contribution in [-0.4, -0.2) is 15.6 Å². The average molecular weight is 406 g/mol. The summed E-state index contributed by atoms with van der Waals surface area (Å²) in [7, 11) is 0. The molecule has 0 radical (unpaired) electrons. The molecule has 2 aliphatic heterocycles. The molecule has 144 valence electrons. The first kappa shape index (κ1) is 17.7. The number of fused-ring (bicyclic) bond motifs is 3. The molecule has 0 fully saturated rings. The van der Waals surface area contributed by atoms with E-state index in [0.29, 0.717) is 22.8 Å². The molecule has 0 saturated carbocycles. The first-order valence-electron chi connectivity index (χ1n) is 9.22. The highest BCUT2D eigenvalue weighted by molar-refractivity contribution is 6.30. The van der Waals surface area contributed by atoms with Gasteiger partial charge in [-0.05, 0) is 29.8 Å². The number of ether oxygens (including phenoxy) is 1. The van der Waals surface area contributed by atoms with E-state index in [9.17, 15) is 10.1 Å². The lowest BCUT2D eigenvalue weighted by Gasteiger charge is -2.38. The van der Waals surface area contributed by atoms with Gasteiger partial charge in [0.2, 0.25) is 6.23 Å². The largest absolute Gasteiger partial charge is 0.464 e. The zero-order valence-electron chi connectivity index (χ0n) is 15.2. The third-order valence-corrected chi connectivity index (χ3v) is 5.49. The Morgan fingerprint density at radius 2 is 1.79 bits per heavy atom. The fraction of sp³-hybridized carbons (Fsp3) is 0.136. The Kier molecular flexibility index (Phi) is 4.21. The third kappa shape index (κ3) is 3.02. The monoisotopic (exact) mass is 405 g/mol. The van der Waals surface area contributed by atoms with Gasteiger partial charge in [-0.15, -0.1) is 0 Å². The maximum absolute atomic E-state index is 11.6. The third-order valence-electron chi connectivity index (χ3n) is 5.26. The summed E-state index contributed by atoms with van der Waals surface area (Å²) in [5.41, 5.74) is 3.35. The van der Waals surface area contributed by atoms with Crippen molar-refractivity contribution in [3.8, 4) is 5.75 Å². The van der Waals surface area contributed by atoms with Gasteiger partial charge in [0.25, 0.3) is 5.69 Å². The van der Waals surface area contributed by atoms with E-state index in [4.69, 9.17) is 21.4 Å². The highest BCUT2D eigenvalue weighted by Gasteiger charge is 2.43. The van der Waals surface area contributed by atoms with Crippen molar-refractivity contribution in [1.29, 1.82) is 0 Å². The van der Waals surface area contributed by atoms with Crippen LogP contribution in [0.4, 0.5) is 5.69 Å². The van der Waals surface area contributed by atoms with Crippen molar-refractivity contribution >= 4 is 23.0 Å². The SMILES string of the molecule is O=[N+]([O-])c1ccccc1[C@H]1Oc2ccc(Cl)cc2[C@H]2CC(c3ccccc3)=NN21.